The lowest BCUT2D eigenvalue weighted by atomic mass is 9.79. The van der Waals surface area contributed by atoms with Crippen molar-refractivity contribution in [3.63, 3.8) is 0 Å². The van der Waals surface area contributed by atoms with Crippen molar-refractivity contribution in [1.82, 2.24) is 14.7 Å². The minimum absolute atomic E-state index is 0.198. The van der Waals surface area contributed by atoms with Gasteiger partial charge in [0.15, 0.2) is 0 Å². The van der Waals surface area contributed by atoms with E-state index in [1.54, 1.807) is 18.7 Å². The van der Waals surface area contributed by atoms with Crippen molar-refractivity contribution in [1.29, 1.82) is 5.26 Å². The molecule has 0 aromatic heterocycles. The van der Waals surface area contributed by atoms with Crippen molar-refractivity contribution < 1.29 is 37.0 Å². The predicted molar refractivity (Wildman–Crippen MR) is 155 cm³/mol. The number of nitriles is 1. The molecule has 4 aliphatic rings. The van der Waals surface area contributed by atoms with Gasteiger partial charge in [0, 0.05) is 52.4 Å². The highest BCUT2D eigenvalue weighted by atomic mass is 19.4. The van der Waals surface area contributed by atoms with Crippen LogP contribution in [0.15, 0.2) is 48.5 Å². The molecule has 2 bridgehead atoms. The van der Waals surface area contributed by atoms with Crippen LogP contribution < -0.4 is 4.90 Å². The van der Waals surface area contributed by atoms with Gasteiger partial charge in [-0.05, 0) is 37.6 Å². The van der Waals surface area contributed by atoms with Crippen molar-refractivity contribution >= 4 is 23.6 Å². The summed E-state index contributed by atoms with van der Waals surface area (Å²) in [6.07, 6.45) is -5.16. The van der Waals surface area contributed by atoms with Gasteiger partial charge in [0.05, 0.1) is 45.9 Å². The lowest BCUT2D eigenvalue weighted by Gasteiger charge is -2.45. The maximum Gasteiger partial charge on any atom is 0.417 e. The highest BCUT2D eigenvalue weighted by Crippen LogP contribution is 2.55. The summed E-state index contributed by atoms with van der Waals surface area (Å²) >= 11 is 0. The quantitative estimate of drug-likeness (QED) is 0.450. The average Bonchev–Trinajstić information content (AvgIpc) is 3.38. The van der Waals surface area contributed by atoms with Crippen molar-refractivity contribution in [3.05, 3.63) is 65.2 Å². The molecule has 4 heterocycles. The Labute approximate surface area is 258 Å². The summed E-state index contributed by atoms with van der Waals surface area (Å²) in [5, 5.41) is 9.15. The Morgan fingerprint density at radius 1 is 0.956 bits per heavy atom. The fourth-order valence-electron chi connectivity index (χ4n) is 7.43. The first-order valence-corrected chi connectivity index (χ1v) is 14.9. The van der Waals surface area contributed by atoms with Gasteiger partial charge in [-0.15, -0.1) is 0 Å². The molecule has 4 fully saturated rings. The van der Waals surface area contributed by atoms with Gasteiger partial charge in [0.25, 0.3) is 0 Å². The molecular weight excluding hydrogens is 591 g/mol. The normalized spacial score (nSPS) is 28.7. The van der Waals surface area contributed by atoms with Crippen molar-refractivity contribution in [2.45, 2.75) is 37.8 Å². The molecular formula is C32H34F3N5O5. The molecule has 45 heavy (non-hydrogen) atoms. The molecule has 6 rings (SSSR count). The zero-order valence-corrected chi connectivity index (χ0v) is 25.0. The van der Waals surface area contributed by atoms with Crippen LogP contribution in [-0.4, -0.2) is 96.2 Å². The number of hydrogen-bond donors (Lipinski definition) is 0. The first kappa shape index (κ1) is 31.0. The number of fused-ring (bicyclic) bond motifs is 5. The number of ether oxygens (including phenoxy) is 2. The van der Waals surface area contributed by atoms with E-state index in [2.05, 4.69) is 9.80 Å². The molecule has 0 N–H and O–H groups in total. The van der Waals surface area contributed by atoms with Crippen LogP contribution in [0.1, 0.15) is 30.5 Å². The lowest BCUT2D eigenvalue weighted by molar-refractivity contribution is -0.169. The van der Waals surface area contributed by atoms with E-state index in [-0.39, 0.29) is 18.4 Å². The molecule has 13 heteroatoms. The second-order valence-corrected chi connectivity index (χ2v) is 12.6. The van der Waals surface area contributed by atoms with Crippen LogP contribution >= 0.6 is 0 Å². The number of benzene rings is 2. The van der Waals surface area contributed by atoms with Crippen LogP contribution in [0, 0.1) is 23.2 Å². The SMILES string of the molecule is CC12CN(CCN3CCN(C(=O)OCc4ccccc4)CC3)CC(C)(O1)[C@H]1C(=O)N(c3ccc(C#N)c(C(F)(F)F)c3)C(=O)[C@H]12. The number of halogens is 3. The smallest absolute Gasteiger partial charge is 0.417 e. The number of carbonyl (C=O) groups excluding carboxylic acids is 3. The van der Waals surface area contributed by atoms with Crippen LogP contribution in [0.25, 0.3) is 0 Å². The van der Waals surface area contributed by atoms with E-state index in [1.807, 2.05) is 30.3 Å². The highest BCUT2D eigenvalue weighted by molar-refractivity contribution is 6.23. The molecule has 10 nitrogen and oxygen atoms in total. The molecule has 3 amide bonds. The van der Waals surface area contributed by atoms with Crippen LogP contribution in [0.4, 0.5) is 23.7 Å². The first-order valence-electron chi connectivity index (χ1n) is 14.9. The monoisotopic (exact) mass is 625 g/mol. The Kier molecular flexibility index (Phi) is 7.87. The van der Waals surface area contributed by atoms with E-state index in [9.17, 15) is 27.6 Å². The van der Waals surface area contributed by atoms with Gasteiger partial charge in [-0.3, -0.25) is 19.4 Å². The maximum absolute atomic E-state index is 13.7. The van der Waals surface area contributed by atoms with Gasteiger partial charge in [-0.25, -0.2) is 9.69 Å². The number of anilines is 1. The molecule has 4 atom stereocenters. The predicted octanol–water partition coefficient (Wildman–Crippen LogP) is 3.50. The van der Waals surface area contributed by atoms with Crippen molar-refractivity contribution in [3.8, 4) is 6.07 Å². The molecule has 2 aromatic carbocycles. The van der Waals surface area contributed by atoms with Gasteiger partial charge < -0.3 is 14.4 Å². The fourth-order valence-corrected chi connectivity index (χ4v) is 7.43. The van der Waals surface area contributed by atoms with E-state index in [1.165, 1.54) is 12.1 Å². The standard InChI is InChI=1S/C32H34F3N5O5/c1-30-19-38(11-10-37-12-14-39(15-13-37)29(43)44-18-21-6-4-3-5-7-21)20-31(2,45-30)26-25(30)27(41)40(28(26)42)23-9-8-22(17-36)24(16-23)32(33,34)35/h3-9,16,25-26H,10-15,18-20H2,1-2H3/t25-,26+,30?,31?. The minimum atomic E-state index is -4.82. The van der Waals surface area contributed by atoms with Crippen LogP contribution in [0.5, 0.6) is 0 Å². The minimum Gasteiger partial charge on any atom is -0.445 e. The number of likely N-dealkylation sites (tertiary alicyclic amines) is 1. The van der Waals surface area contributed by atoms with E-state index in [0.29, 0.717) is 58.4 Å². The first-order chi connectivity index (χ1) is 21.3. The zero-order chi connectivity index (χ0) is 32.1. The second kappa shape index (κ2) is 11.4. The Balaban J connectivity index is 1.07. The molecule has 2 unspecified atom stereocenters. The van der Waals surface area contributed by atoms with Crippen LogP contribution in [0.3, 0.4) is 0 Å². The number of amides is 3. The number of carbonyl (C=O) groups is 3. The van der Waals surface area contributed by atoms with Crippen LogP contribution in [0.2, 0.25) is 0 Å². The number of piperazine rings is 1. The third kappa shape index (κ3) is 5.67. The molecule has 2 aromatic rings. The summed E-state index contributed by atoms with van der Waals surface area (Å²) in [4.78, 5) is 47.0. The van der Waals surface area contributed by atoms with Gasteiger partial charge in [-0.1, -0.05) is 30.3 Å². The number of alkyl halides is 3. The summed E-state index contributed by atoms with van der Waals surface area (Å²) < 4.78 is 52.8. The molecule has 0 saturated carbocycles. The number of morpholine rings is 1. The lowest BCUT2D eigenvalue weighted by Crippen LogP contribution is -2.59. The Morgan fingerprint density at radius 3 is 2.13 bits per heavy atom. The number of nitrogens with zero attached hydrogens (tertiary/aromatic N) is 5. The average molecular weight is 626 g/mol. The van der Waals surface area contributed by atoms with E-state index >= 15 is 0 Å². The number of imide groups is 1. The van der Waals surface area contributed by atoms with E-state index in [0.717, 1.165) is 16.5 Å². The van der Waals surface area contributed by atoms with Crippen molar-refractivity contribution in [2.24, 2.45) is 11.8 Å². The van der Waals surface area contributed by atoms with Gasteiger partial charge in [0.2, 0.25) is 11.8 Å². The largest absolute Gasteiger partial charge is 0.445 e. The Bertz CT molecular complexity index is 1500. The fraction of sp³-hybridized carbons (Fsp3) is 0.500. The van der Waals surface area contributed by atoms with Crippen LogP contribution in [-0.2, 0) is 31.8 Å². The highest BCUT2D eigenvalue weighted by Gasteiger charge is 2.71. The summed E-state index contributed by atoms with van der Waals surface area (Å²) in [5.74, 6) is -2.89. The molecule has 0 spiro atoms. The molecule has 238 valence electrons. The Hall–Kier alpha value is -3.99. The third-order valence-corrected chi connectivity index (χ3v) is 9.42. The van der Waals surface area contributed by atoms with E-state index < -0.39 is 52.2 Å². The second-order valence-electron chi connectivity index (χ2n) is 12.6. The summed E-state index contributed by atoms with van der Waals surface area (Å²) in [6.45, 7) is 8.38. The molecule has 4 aliphatic heterocycles. The van der Waals surface area contributed by atoms with Gasteiger partial charge in [-0.2, -0.15) is 18.4 Å². The van der Waals surface area contributed by atoms with Gasteiger partial charge >= 0.3 is 12.3 Å². The summed E-state index contributed by atoms with van der Waals surface area (Å²) in [6, 6.07) is 13.9. The van der Waals surface area contributed by atoms with Crippen molar-refractivity contribution in [2.75, 3.05) is 57.3 Å². The third-order valence-electron chi connectivity index (χ3n) is 9.42. The molecule has 0 radical (unpaired) electrons. The number of hydrogen-bond acceptors (Lipinski definition) is 8. The Morgan fingerprint density at radius 2 is 1.56 bits per heavy atom. The van der Waals surface area contributed by atoms with E-state index in [4.69, 9.17) is 14.7 Å². The molecule has 0 aliphatic carbocycles. The molecule has 4 saturated heterocycles. The zero-order valence-electron chi connectivity index (χ0n) is 25.0. The topological polar surface area (TPSA) is 106 Å². The maximum atomic E-state index is 13.7. The number of rotatable bonds is 6. The summed E-state index contributed by atoms with van der Waals surface area (Å²) in [5.41, 5.74) is -3.07. The summed E-state index contributed by atoms with van der Waals surface area (Å²) in [7, 11) is 0. The van der Waals surface area contributed by atoms with Gasteiger partial charge in [0.1, 0.15) is 6.61 Å².